The molecule has 0 saturated heterocycles. The highest BCUT2D eigenvalue weighted by molar-refractivity contribution is 7.08. The summed E-state index contributed by atoms with van der Waals surface area (Å²) in [5.41, 5.74) is -0.315. The van der Waals surface area contributed by atoms with Crippen molar-refractivity contribution in [3.05, 3.63) is 10.6 Å². The van der Waals surface area contributed by atoms with Crippen molar-refractivity contribution in [1.29, 1.82) is 0 Å². The van der Waals surface area contributed by atoms with Gasteiger partial charge in [0.05, 0.1) is 11.2 Å². The Balaban J connectivity index is 2.06. The number of nitrogens with zero attached hydrogens (tertiary/aromatic N) is 2. The van der Waals surface area contributed by atoms with Crippen molar-refractivity contribution in [2.75, 3.05) is 6.54 Å². The molecule has 1 saturated carbocycles. The molecule has 0 unspecified atom stereocenters. The van der Waals surface area contributed by atoms with Crippen molar-refractivity contribution in [3.8, 4) is 0 Å². The highest BCUT2D eigenvalue weighted by Gasteiger charge is 2.35. The monoisotopic (exact) mass is 382 g/mol. The third-order valence-corrected chi connectivity index (χ3v) is 5.28. The van der Waals surface area contributed by atoms with Gasteiger partial charge in [0.1, 0.15) is 10.5 Å². The van der Waals surface area contributed by atoms with Crippen LogP contribution in [0.15, 0.2) is 0 Å². The van der Waals surface area contributed by atoms with Gasteiger partial charge in [-0.25, -0.2) is 4.79 Å². The number of ether oxygens (including phenoxy) is 1. The van der Waals surface area contributed by atoms with Gasteiger partial charge in [-0.05, 0) is 51.6 Å². The largest absolute Gasteiger partial charge is 0.444 e. The lowest BCUT2D eigenvalue weighted by atomic mass is 9.90. The maximum atomic E-state index is 12.5. The number of nitrogens with one attached hydrogen (secondary N) is 2. The van der Waals surface area contributed by atoms with Gasteiger partial charge in [-0.2, -0.15) is 0 Å². The Hall–Kier alpha value is -1.70. The number of rotatable bonds is 5. The standard InChI is InChI=1S/C18H30N4O3S/c1-5-13-14(26-22-21-13)15(23)19-12-18(10-8-6-7-9-11-18)20-16(24)25-17(2,3)4/h5-12H2,1-4H3,(H,19,23)(H,20,24). The molecule has 0 aromatic carbocycles. The van der Waals surface area contributed by atoms with Crippen LogP contribution in [-0.2, 0) is 11.2 Å². The molecule has 26 heavy (non-hydrogen) atoms. The predicted octanol–water partition coefficient (Wildman–Crippen LogP) is 3.45. The summed E-state index contributed by atoms with van der Waals surface area (Å²) in [6.45, 7) is 7.86. The first-order valence-electron chi connectivity index (χ1n) is 9.35. The lowest BCUT2D eigenvalue weighted by molar-refractivity contribution is 0.0437. The van der Waals surface area contributed by atoms with Gasteiger partial charge in [-0.3, -0.25) is 4.79 Å². The van der Waals surface area contributed by atoms with E-state index >= 15 is 0 Å². The molecule has 0 radical (unpaired) electrons. The summed E-state index contributed by atoms with van der Waals surface area (Å²) >= 11 is 1.11. The van der Waals surface area contributed by atoms with E-state index in [1.54, 1.807) is 0 Å². The average Bonchev–Trinajstić information content (AvgIpc) is 2.91. The minimum atomic E-state index is -0.552. The second kappa shape index (κ2) is 8.79. The molecule has 0 atom stereocenters. The lowest BCUT2D eigenvalue weighted by Gasteiger charge is -2.35. The Morgan fingerprint density at radius 3 is 2.42 bits per heavy atom. The number of aryl methyl sites for hydroxylation is 1. The number of amides is 2. The molecule has 1 aromatic rings. The fraction of sp³-hybridized carbons (Fsp3) is 0.778. The normalized spacial score (nSPS) is 17.2. The van der Waals surface area contributed by atoms with Crippen LogP contribution in [0.25, 0.3) is 0 Å². The third kappa shape index (κ3) is 5.93. The van der Waals surface area contributed by atoms with Gasteiger partial charge in [0, 0.05) is 6.54 Å². The smallest absolute Gasteiger partial charge is 0.408 e. The molecule has 2 rings (SSSR count). The Kier molecular flexibility index (Phi) is 6.97. The van der Waals surface area contributed by atoms with Crippen LogP contribution in [0.5, 0.6) is 0 Å². The quantitative estimate of drug-likeness (QED) is 0.761. The summed E-state index contributed by atoms with van der Waals surface area (Å²) in [5.74, 6) is -0.175. The highest BCUT2D eigenvalue weighted by Crippen LogP contribution is 2.27. The van der Waals surface area contributed by atoms with Gasteiger partial charge >= 0.3 is 6.09 Å². The van der Waals surface area contributed by atoms with E-state index < -0.39 is 17.2 Å². The Bertz CT molecular complexity index is 616. The number of aromatic nitrogens is 2. The number of hydrogen-bond donors (Lipinski definition) is 2. The molecule has 1 aliphatic carbocycles. The van der Waals surface area contributed by atoms with Crippen LogP contribution in [0, 0.1) is 0 Å². The second-order valence-corrected chi connectivity index (χ2v) is 8.66. The maximum absolute atomic E-state index is 12.5. The predicted molar refractivity (Wildman–Crippen MR) is 101 cm³/mol. The van der Waals surface area contributed by atoms with Crippen LogP contribution in [0.2, 0.25) is 0 Å². The van der Waals surface area contributed by atoms with Crippen LogP contribution in [0.4, 0.5) is 4.79 Å². The van der Waals surface area contributed by atoms with Crippen molar-refractivity contribution in [2.45, 2.75) is 83.8 Å². The second-order valence-electron chi connectivity index (χ2n) is 7.91. The molecule has 1 aliphatic rings. The summed E-state index contributed by atoms with van der Waals surface area (Å²) in [6, 6.07) is 0. The molecule has 2 amide bonds. The van der Waals surface area contributed by atoms with Crippen LogP contribution in [0.1, 0.15) is 81.6 Å². The summed E-state index contributed by atoms with van der Waals surface area (Å²) < 4.78 is 9.31. The molecule has 0 bridgehead atoms. The Morgan fingerprint density at radius 1 is 1.19 bits per heavy atom. The fourth-order valence-corrected chi connectivity index (χ4v) is 3.88. The number of hydrogen-bond acceptors (Lipinski definition) is 6. The molecular formula is C18H30N4O3S. The summed E-state index contributed by atoms with van der Waals surface area (Å²) in [5, 5.41) is 10.0. The first-order valence-corrected chi connectivity index (χ1v) is 10.1. The fourth-order valence-electron chi connectivity index (χ4n) is 3.21. The lowest BCUT2D eigenvalue weighted by Crippen LogP contribution is -2.56. The zero-order valence-corrected chi connectivity index (χ0v) is 17.0. The molecular weight excluding hydrogens is 352 g/mol. The Morgan fingerprint density at radius 2 is 1.85 bits per heavy atom. The highest BCUT2D eigenvalue weighted by atomic mass is 32.1. The molecule has 0 aliphatic heterocycles. The average molecular weight is 383 g/mol. The van der Waals surface area contributed by atoms with E-state index in [0.29, 0.717) is 23.5 Å². The third-order valence-electron chi connectivity index (χ3n) is 4.51. The first-order chi connectivity index (χ1) is 12.2. The van der Waals surface area contributed by atoms with Crippen molar-refractivity contribution in [2.24, 2.45) is 0 Å². The van der Waals surface area contributed by atoms with Crippen LogP contribution in [-0.4, -0.2) is 39.3 Å². The topological polar surface area (TPSA) is 93.2 Å². The number of carbonyl (C=O) groups is 2. The molecule has 2 N–H and O–H groups in total. The van der Waals surface area contributed by atoms with Gasteiger partial charge in [0.25, 0.3) is 5.91 Å². The Labute approximate surface area is 159 Å². The summed E-state index contributed by atoms with van der Waals surface area (Å²) in [4.78, 5) is 25.4. The molecule has 1 heterocycles. The molecule has 0 spiro atoms. The molecule has 8 heteroatoms. The van der Waals surface area contributed by atoms with Gasteiger partial charge in [0.2, 0.25) is 0 Å². The van der Waals surface area contributed by atoms with E-state index in [2.05, 4.69) is 20.2 Å². The molecule has 1 aromatic heterocycles. The van der Waals surface area contributed by atoms with Gasteiger partial charge in [-0.1, -0.05) is 37.1 Å². The van der Waals surface area contributed by atoms with Crippen molar-refractivity contribution in [1.82, 2.24) is 20.2 Å². The maximum Gasteiger partial charge on any atom is 0.408 e. The van der Waals surface area contributed by atoms with E-state index in [4.69, 9.17) is 4.74 Å². The van der Waals surface area contributed by atoms with E-state index in [1.165, 1.54) is 0 Å². The van der Waals surface area contributed by atoms with E-state index in [1.807, 2.05) is 27.7 Å². The zero-order chi connectivity index (χ0) is 19.2. The minimum absolute atomic E-state index is 0.175. The van der Waals surface area contributed by atoms with Gasteiger partial charge in [0.15, 0.2) is 0 Å². The van der Waals surface area contributed by atoms with Crippen molar-refractivity contribution in [3.63, 3.8) is 0 Å². The minimum Gasteiger partial charge on any atom is -0.444 e. The molecule has 7 nitrogen and oxygen atoms in total. The number of carbonyl (C=O) groups excluding carboxylic acids is 2. The van der Waals surface area contributed by atoms with Crippen molar-refractivity contribution >= 4 is 23.5 Å². The summed E-state index contributed by atoms with van der Waals surface area (Å²) in [7, 11) is 0. The van der Waals surface area contributed by atoms with Gasteiger partial charge in [-0.15, -0.1) is 5.10 Å². The van der Waals surface area contributed by atoms with Crippen LogP contribution >= 0.6 is 11.5 Å². The van der Waals surface area contributed by atoms with Crippen LogP contribution in [0.3, 0.4) is 0 Å². The van der Waals surface area contributed by atoms with E-state index in [0.717, 1.165) is 50.1 Å². The molecule has 146 valence electrons. The SMILES string of the molecule is CCc1nnsc1C(=O)NCC1(NC(=O)OC(C)(C)C)CCCCCC1. The first kappa shape index (κ1) is 20.6. The van der Waals surface area contributed by atoms with E-state index in [-0.39, 0.29) is 5.91 Å². The van der Waals surface area contributed by atoms with Gasteiger partial charge < -0.3 is 15.4 Å². The number of alkyl carbamates (subject to hydrolysis) is 1. The summed E-state index contributed by atoms with van der Waals surface area (Å²) in [6.07, 6.45) is 6.22. The zero-order valence-electron chi connectivity index (χ0n) is 16.2. The van der Waals surface area contributed by atoms with E-state index in [9.17, 15) is 9.59 Å². The van der Waals surface area contributed by atoms with Crippen LogP contribution < -0.4 is 10.6 Å². The molecule has 1 fully saturated rings. The van der Waals surface area contributed by atoms with Crippen molar-refractivity contribution < 1.29 is 14.3 Å².